The highest BCUT2D eigenvalue weighted by Crippen LogP contribution is 2.42. The van der Waals surface area contributed by atoms with E-state index in [0.29, 0.717) is 11.9 Å². The minimum Gasteiger partial charge on any atom is -0.215 e. The topological polar surface area (TPSA) is 0 Å². The molecule has 0 saturated heterocycles. The largest absolute Gasteiger partial charge is 0.215 e. The Balaban J connectivity index is 1.84. The molecule has 0 radical (unpaired) electrons. The summed E-state index contributed by atoms with van der Waals surface area (Å²) in [5, 5.41) is 0. The highest BCUT2D eigenvalue weighted by Gasteiger charge is 2.30. The van der Waals surface area contributed by atoms with Gasteiger partial charge in [0.15, 0.2) is 5.83 Å². The van der Waals surface area contributed by atoms with Crippen LogP contribution in [0.1, 0.15) is 58.3 Å². The summed E-state index contributed by atoms with van der Waals surface area (Å²) in [6.45, 7) is 2.34. The molecule has 0 amide bonds. The van der Waals surface area contributed by atoms with Gasteiger partial charge in [-0.1, -0.05) is 25.8 Å². The van der Waals surface area contributed by atoms with E-state index >= 15 is 0 Å². The fraction of sp³-hybridized carbons (Fsp3) is 0.684. The first kappa shape index (κ1) is 17.4. The standard InChI is InChI=1S/C19H27F3/c1-14-2-4-15(5-3-14)16-6-8-17(9-7-16)18(12-20)10-11-19(22)13-21/h10-17H,2-9H2,1H3/b11-10-,18-12-,19-13-. The van der Waals surface area contributed by atoms with Gasteiger partial charge in [0.25, 0.3) is 0 Å². The Kier molecular flexibility index (Phi) is 6.78. The van der Waals surface area contributed by atoms with Crippen LogP contribution in [0.2, 0.25) is 0 Å². The van der Waals surface area contributed by atoms with Crippen LogP contribution >= 0.6 is 0 Å². The van der Waals surface area contributed by atoms with Crippen molar-refractivity contribution in [1.29, 1.82) is 0 Å². The fourth-order valence-electron chi connectivity index (χ4n) is 4.15. The summed E-state index contributed by atoms with van der Waals surface area (Å²) in [6.07, 6.45) is 12.4. The first-order valence-corrected chi connectivity index (χ1v) is 8.58. The van der Waals surface area contributed by atoms with E-state index in [0.717, 1.165) is 49.5 Å². The van der Waals surface area contributed by atoms with Gasteiger partial charge in [0.1, 0.15) is 6.33 Å². The summed E-state index contributed by atoms with van der Waals surface area (Å²) in [5.41, 5.74) is 0.493. The Hall–Kier alpha value is -0.990. The molecular formula is C19H27F3. The van der Waals surface area contributed by atoms with Gasteiger partial charge in [-0.15, -0.1) is 0 Å². The van der Waals surface area contributed by atoms with Crippen LogP contribution in [0, 0.1) is 23.7 Å². The Bertz CT molecular complexity index is 420. The van der Waals surface area contributed by atoms with Crippen LogP contribution in [-0.2, 0) is 0 Å². The summed E-state index contributed by atoms with van der Waals surface area (Å²) < 4.78 is 37.8. The minimum absolute atomic E-state index is 0.104. The maximum Gasteiger partial charge on any atom is 0.151 e. The lowest BCUT2D eigenvalue weighted by Gasteiger charge is -2.37. The molecule has 3 heteroatoms. The number of rotatable bonds is 4. The van der Waals surface area contributed by atoms with Crippen LogP contribution in [0.4, 0.5) is 13.2 Å². The van der Waals surface area contributed by atoms with E-state index in [-0.39, 0.29) is 12.2 Å². The maximum absolute atomic E-state index is 13.0. The first-order chi connectivity index (χ1) is 10.6. The third-order valence-electron chi connectivity index (χ3n) is 5.64. The van der Waals surface area contributed by atoms with Crippen molar-refractivity contribution >= 4 is 0 Å². The van der Waals surface area contributed by atoms with Crippen LogP contribution in [0.3, 0.4) is 0 Å². The molecule has 2 aliphatic carbocycles. The molecular weight excluding hydrogens is 285 g/mol. The van der Waals surface area contributed by atoms with Crippen molar-refractivity contribution < 1.29 is 13.2 Å². The Morgan fingerprint density at radius 2 is 1.32 bits per heavy atom. The van der Waals surface area contributed by atoms with E-state index in [1.54, 1.807) is 0 Å². The summed E-state index contributed by atoms with van der Waals surface area (Å²) in [5.74, 6) is 1.67. The van der Waals surface area contributed by atoms with Crippen molar-refractivity contribution in [2.75, 3.05) is 0 Å². The predicted molar refractivity (Wildman–Crippen MR) is 85.2 cm³/mol. The molecule has 0 unspecified atom stereocenters. The summed E-state index contributed by atoms with van der Waals surface area (Å²) in [7, 11) is 0. The lowest BCUT2D eigenvalue weighted by atomic mass is 9.68. The first-order valence-electron chi connectivity index (χ1n) is 8.58. The van der Waals surface area contributed by atoms with Crippen LogP contribution in [-0.4, -0.2) is 0 Å². The smallest absolute Gasteiger partial charge is 0.151 e. The van der Waals surface area contributed by atoms with E-state index in [1.165, 1.54) is 31.8 Å². The molecule has 0 aliphatic heterocycles. The average molecular weight is 312 g/mol. The molecule has 0 heterocycles. The number of hydrogen-bond acceptors (Lipinski definition) is 0. The third-order valence-corrected chi connectivity index (χ3v) is 5.64. The highest BCUT2D eigenvalue weighted by molar-refractivity contribution is 5.25. The average Bonchev–Trinajstić information content (AvgIpc) is 2.56. The number of halogens is 3. The predicted octanol–water partition coefficient (Wildman–Crippen LogP) is 6.81. The van der Waals surface area contributed by atoms with E-state index in [4.69, 9.17) is 0 Å². The lowest BCUT2D eigenvalue weighted by Crippen LogP contribution is -2.25. The summed E-state index contributed by atoms with van der Waals surface area (Å²) in [4.78, 5) is 0. The zero-order chi connectivity index (χ0) is 15.9. The molecule has 0 aromatic heterocycles. The molecule has 2 fully saturated rings. The molecule has 0 spiro atoms. The molecule has 0 bridgehead atoms. The Morgan fingerprint density at radius 1 is 0.773 bits per heavy atom. The Morgan fingerprint density at radius 3 is 1.82 bits per heavy atom. The zero-order valence-corrected chi connectivity index (χ0v) is 13.4. The van der Waals surface area contributed by atoms with Crippen molar-refractivity contribution in [1.82, 2.24) is 0 Å². The molecule has 0 nitrogen and oxygen atoms in total. The maximum atomic E-state index is 13.0. The van der Waals surface area contributed by atoms with Crippen LogP contribution < -0.4 is 0 Å². The second-order valence-corrected chi connectivity index (χ2v) is 7.07. The van der Waals surface area contributed by atoms with Crippen molar-refractivity contribution in [3.05, 3.63) is 36.2 Å². The number of hydrogen-bond donors (Lipinski definition) is 0. The zero-order valence-electron chi connectivity index (χ0n) is 13.4. The highest BCUT2D eigenvalue weighted by atomic mass is 19.2. The van der Waals surface area contributed by atoms with E-state index in [9.17, 15) is 13.2 Å². The fourth-order valence-corrected chi connectivity index (χ4v) is 4.15. The molecule has 2 saturated carbocycles. The van der Waals surface area contributed by atoms with Crippen molar-refractivity contribution in [3.8, 4) is 0 Å². The van der Waals surface area contributed by atoms with Gasteiger partial charge in [-0.3, -0.25) is 0 Å². The van der Waals surface area contributed by atoms with Crippen LogP contribution in [0.25, 0.3) is 0 Å². The van der Waals surface area contributed by atoms with Crippen molar-refractivity contribution in [3.63, 3.8) is 0 Å². The molecule has 0 atom stereocenters. The molecule has 2 aliphatic rings. The van der Waals surface area contributed by atoms with Gasteiger partial charge in [-0.05, 0) is 73.8 Å². The van der Waals surface area contributed by atoms with E-state index < -0.39 is 5.83 Å². The number of allylic oxidation sites excluding steroid dienone is 4. The van der Waals surface area contributed by atoms with Crippen molar-refractivity contribution in [2.24, 2.45) is 23.7 Å². The molecule has 0 aromatic carbocycles. The quantitative estimate of drug-likeness (QED) is 0.500. The monoisotopic (exact) mass is 312 g/mol. The van der Waals surface area contributed by atoms with Gasteiger partial charge in [0, 0.05) is 0 Å². The van der Waals surface area contributed by atoms with Gasteiger partial charge in [-0.25, -0.2) is 13.2 Å². The molecule has 2 rings (SSSR count). The van der Waals surface area contributed by atoms with Crippen LogP contribution in [0.15, 0.2) is 36.2 Å². The summed E-state index contributed by atoms with van der Waals surface area (Å²) in [6, 6.07) is 0. The summed E-state index contributed by atoms with van der Waals surface area (Å²) >= 11 is 0. The second kappa shape index (κ2) is 8.59. The van der Waals surface area contributed by atoms with Gasteiger partial charge in [0.05, 0.1) is 6.33 Å². The molecule has 0 N–H and O–H groups in total. The van der Waals surface area contributed by atoms with E-state index in [2.05, 4.69) is 6.92 Å². The van der Waals surface area contributed by atoms with Gasteiger partial charge in [0.2, 0.25) is 0 Å². The van der Waals surface area contributed by atoms with Gasteiger partial charge >= 0.3 is 0 Å². The Labute approximate surface area is 132 Å². The SMILES string of the molecule is CC1CCC(C2CCC(C(/C=C\C(F)=C\F)=C\F)CC2)CC1. The van der Waals surface area contributed by atoms with Gasteiger partial charge in [-0.2, -0.15) is 0 Å². The van der Waals surface area contributed by atoms with E-state index in [1.807, 2.05) is 0 Å². The van der Waals surface area contributed by atoms with Crippen molar-refractivity contribution in [2.45, 2.75) is 58.3 Å². The lowest BCUT2D eigenvalue weighted by molar-refractivity contribution is 0.158. The second-order valence-electron chi connectivity index (χ2n) is 7.07. The molecule has 22 heavy (non-hydrogen) atoms. The molecule has 0 aromatic rings. The minimum atomic E-state index is -0.968. The van der Waals surface area contributed by atoms with Gasteiger partial charge < -0.3 is 0 Å². The molecule has 124 valence electrons. The normalized spacial score (nSPS) is 35.1. The third kappa shape index (κ3) is 4.76. The van der Waals surface area contributed by atoms with Crippen LogP contribution in [0.5, 0.6) is 0 Å².